The molecule has 0 spiro atoms. The normalized spacial score (nSPS) is 19.4. The molecule has 0 aromatic heterocycles. The number of carboxylic acid groups (broad SMARTS) is 1. The number of esters is 2. The molecule has 586 valence electrons. The first-order chi connectivity index (χ1) is 47.4. The van der Waals surface area contributed by atoms with Crippen LogP contribution in [0.2, 0.25) is 15.1 Å². The lowest BCUT2D eigenvalue weighted by atomic mass is 9.99. The van der Waals surface area contributed by atoms with Crippen molar-refractivity contribution in [3.05, 3.63) is 177 Å². The average Bonchev–Trinajstić information content (AvgIpc) is 0.791. The highest BCUT2D eigenvalue weighted by atomic mass is 35.5. The number of carbonyl (C=O) groups is 6. The van der Waals surface area contributed by atoms with Gasteiger partial charge in [0.2, 0.25) is 17.7 Å². The lowest BCUT2D eigenvalue weighted by Crippen LogP contribution is -2.55. The van der Waals surface area contributed by atoms with E-state index in [0.29, 0.717) is 28.2 Å². The first-order valence-corrected chi connectivity index (χ1v) is 35.9. The van der Waals surface area contributed by atoms with Crippen LogP contribution < -0.4 is 39.6 Å². The van der Waals surface area contributed by atoms with Crippen LogP contribution in [0.5, 0.6) is 17.2 Å². The zero-order valence-corrected chi connectivity index (χ0v) is 60.8. The number of rotatable bonds is 16. The molecule has 106 heavy (non-hydrogen) atoms. The fourth-order valence-electron chi connectivity index (χ4n) is 9.71. The maximum atomic E-state index is 13.4. The summed E-state index contributed by atoms with van der Waals surface area (Å²) >= 11 is 17.2. The van der Waals surface area contributed by atoms with Crippen LogP contribution in [0.25, 0.3) is 0 Å². The lowest BCUT2D eigenvalue weighted by molar-refractivity contribution is -0.158. The Labute approximate surface area is 631 Å². The van der Waals surface area contributed by atoms with E-state index in [1.54, 1.807) is 90.1 Å². The zero-order chi connectivity index (χ0) is 76.0. The van der Waals surface area contributed by atoms with Gasteiger partial charge in [0, 0.05) is 56.3 Å². The van der Waals surface area contributed by atoms with Crippen LogP contribution in [0.15, 0.2) is 127 Å². The third kappa shape index (κ3) is 27.8. The van der Waals surface area contributed by atoms with E-state index in [-0.39, 0.29) is 93.5 Å². The summed E-state index contributed by atoms with van der Waals surface area (Å²) in [4.78, 5) is 71.1. The van der Waals surface area contributed by atoms with Crippen molar-refractivity contribution in [3.63, 3.8) is 0 Å². The second kappa shape index (κ2) is 40.1. The van der Waals surface area contributed by atoms with Gasteiger partial charge in [-0.15, -0.1) is 0 Å². The molecule has 6 aromatic rings. The smallest absolute Gasteiger partial charge is 0.344 e. The Balaban J connectivity index is 0.000000503. The number of hydrogen-bond donors (Lipinski definition) is 9. The topological polar surface area (TPSA) is 384 Å². The summed E-state index contributed by atoms with van der Waals surface area (Å²) in [5.74, 6) is -5.09. The first-order valence-electron chi connectivity index (χ1n) is 30.5. The summed E-state index contributed by atoms with van der Waals surface area (Å²) in [6.07, 6.45) is 0.418. The summed E-state index contributed by atoms with van der Waals surface area (Å²) in [5.41, 5.74) is 1.42. The van der Waals surface area contributed by atoms with Crippen LogP contribution in [0, 0.1) is 17.5 Å². The maximum Gasteiger partial charge on any atom is 0.344 e. The van der Waals surface area contributed by atoms with Crippen molar-refractivity contribution >= 4 is 118 Å². The van der Waals surface area contributed by atoms with Gasteiger partial charge in [-0.1, -0.05) is 101 Å². The highest BCUT2D eigenvalue weighted by Crippen LogP contribution is 2.34. The van der Waals surface area contributed by atoms with Gasteiger partial charge in [0.25, 0.3) is 30.6 Å². The van der Waals surface area contributed by atoms with E-state index in [4.69, 9.17) is 64.0 Å². The van der Waals surface area contributed by atoms with E-state index in [2.05, 4.69) is 30.1 Å². The first kappa shape index (κ1) is 93.9. The average molecular weight is 1610 g/mol. The van der Waals surface area contributed by atoms with Gasteiger partial charge in [-0.05, 0) is 168 Å². The van der Waals surface area contributed by atoms with Crippen LogP contribution >= 0.6 is 34.8 Å². The molecular weight excluding hydrogens is 1520 g/mol. The SMILES string of the molecule is C.C.C.C.CC(C)(C)OC(=O)CO.CN1C(C(=O)Nc2ccc(F)c(Cl)c2)CC(c2ccc(O)cc2)NS1(=O)=O.CN1C(C(=O)Nc2ccc(F)c(Cl)c2)CC(c2ccc(OCC(=O)O)cc2)NS1(=O)=O.CN1C(C(=O)Nc2ccc(F)c(Cl)c2)CC(c2ccc(OCC(=O)OC(C)(C)C)cc2)NS1(=O)=O. The van der Waals surface area contributed by atoms with E-state index >= 15 is 0 Å². The maximum absolute atomic E-state index is 13.4. The van der Waals surface area contributed by atoms with Gasteiger partial charge in [-0.25, -0.2) is 27.6 Å². The molecule has 3 amide bonds. The summed E-state index contributed by atoms with van der Waals surface area (Å²) < 4.78 is 146. The molecule has 28 nitrogen and oxygen atoms in total. The van der Waals surface area contributed by atoms with Gasteiger partial charge in [0.05, 0.1) is 15.1 Å². The van der Waals surface area contributed by atoms with Crippen molar-refractivity contribution in [1.82, 2.24) is 27.1 Å². The number of carbonyl (C=O) groups excluding carboxylic acids is 5. The number of amides is 3. The van der Waals surface area contributed by atoms with E-state index in [0.717, 1.165) is 31.1 Å². The molecule has 0 saturated carbocycles. The molecule has 6 atom stereocenters. The number of aliphatic carboxylic acids is 1. The quantitative estimate of drug-likeness (QED) is 0.0406. The number of phenols is 1. The van der Waals surface area contributed by atoms with Crippen LogP contribution in [0.1, 0.15) is 125 Å². The van der Waals surface area contributed by atoms with Crippen molar-refractivity contribution in [2.45, 2.75) is 138 Å². The van der Waals surface area contributed by atoms with Crippen molar-refractivity contribution in [3.8, 4) is 17.2 Å². The van der Waals surface area contributed by atoms with Crippen molar-refractivity contribution in [2.75, 3.05) is 56.9 Å². The number of aliphatic hydroxyl groups excluding tert-OH is 1. The van der Waals surface area contributed by atoms with E-state index in [9.17, 15) is 72.3 Å². The molecule has 3 saturated heterocycles. The van der Waals surface area contributed by atoms with Gasteiger partial charge in [0.1, 0.15) is 70.6 Å². The van der Waals surface area contributed by atoms with E-state index < -0.39 is 144 Å². The number of phenolic OH excluding ortho intramolecular Hbond substituents is 1. The molecule has 6 aromatic carbocycles. The minimum absolute atomic E-state index is 0. The van der Waals surface area contributed by atoms with E-state index in [1.807, 2.05) is 0 Å². The molecule has 0 radical (unpaired) electrons. The molecule has 3 aliphatic rings. The second-order valence-electron chi connectivity index (χ2n) is 24.7. The van der Waals surface area contributed by atoms with Gasteiger partial charge >= 0.3 is 17.9 Å². The number of benzene rings is 6. The highest BCUT2D eigenvalue weighted by molar-refractivity contribution is 7.87. The molecule has 37 heteroatoms. The van der Waals surface area contributed by atoms with Gasteiger partial charge in [-0.3, -0.25) is 14.4 Å². The Morgan fingerprint density at radius 1 is 0.472 bits per heavy atom. The number of nitrogens with zero attached hydrogens (tertiary/aromatic N) is 3. The predicted octanol–water partition coefficient (Wildman–Crippen LogP) is 10.8. The number of aliphatic hydroxyl groups is 1. The van der Waals surface area contributed by atoms with Gasteiger partial charge in [-0.2, -0.15) is 52.3 Å². The van der Waals surface area contributed by atoms with Crippen LogP contribution in [-0.4, -0.2) is 159 Å². The Morgan fingerprint density at radius 2 is 0.745 bits per heavy atom. The highest BCUT2D eigenvalue weighted by Gasteiger charge is 2.44. The summed E-state index contributed by atoms with van der Waals surface area (Å²) in [5, 5.41) is 33.5. The minimum atomic E-state index is -3.97. The standard InChI is InChI=1S/C23H27ClFN3O6S.C19H19ClFN3O6S.C17H17ClFN3O4S.C6H12O3.4CH4/c1-23(2,3)34-21(29)13-33-16-8-5-14(6-9-16)19-12-20(28(4)35(31,32)27-19)22(30)26-15-7-10-18(25)17(24)11-15;1-24-17(19(27)22-12-4-7-15(21)14(20)8-12)9-16(23-31(24,28)29)11-2-5-13(6-3-11)30-10-18(25)26;1-22-16(17(24)20-11-4-7-14(19)13(18)8-11)9-15(21-27(22,25)26)10-2-5-12(23)6-3-10;1-6(2,3)9-5(8)4-7;;;;/h5-11,19-20,27H,12-13H2,1-4H3,(H,26,30);2-8,16-17,23H,9-10H2,1H3,(H,22,27)(H,25,26);2-8,15-16,21,23H,9H2,1H3,(H,20,24);7H,4H2,1-3H3;4*1H4. The number of carboxylic acids is 1. The summed E-state index contributed by atoms with van der Waals surface area (Å²) in [6, 6.07) is 24.7. The Kier molecular flexibility index (Phi) is 35.5. The Morgan fingerprint density at radius 3 is 1.00 bits per heavy atom. The van der Waals surface area contributed by atoms with Crippen molar-refractivity contribution in [2.24, 2.45) is 0 Å². The Hall–Kier alpha value is -8.23. The molecule has 3 heterocycles. The fourth-order valence-corrected chi connectivity index (χ4v) is 14.1. The van der Waals surface area contributed by atoms with Crippen molar-refractivity contribution < 1.29 is 101 Å². The number of likely N-dealkylation sites (N-methyl/N-ethyl adjacent to an activating group) is 3. The lowest BCUT2D eigenvalue weighted by Gasteiger charge is -2.36. The molecule has 0 aliphatic carbocycles. The van der Waals surface area contributed by atoms with E-state index in [1.165, 1.54) is 81.8 Å². The number of ether oxygens (including phenoxy) is 4. The number of aromatic hydroxyl groups is 1. The molecular formula is C69H91Cl3F3N9O19S3. The molecule has 6 unspecified atom stereocenters. The number of anilines is 3. The number of halogens is 6. The van der Waals surface area contributed by atoms with Gasteiger partial charge < -0.3 is 50.2 Å². The van der Waals surface area contributed by atoms with Crippen LogP contribution in [0.4, 0.5) is 30.2 Å². The molecule has 3 aliphatic heterocycles. The third-order valence-corrected chi connectivity index (χ3v) is 20.4. The Bertz CT molecular complexity index is 4360. The van der Waals surface area contributed by atoms with Crippen LogP contribution in [0.3, 0.4) is 0 Å². The second-order valence-corrected chi connectivity index (χ2v) is 31.2. The predicted molar refractivity (Wildman–Crippen MR) is 398 cm³/mol. The largest absolute Gasteiger partial charge is 0.508 e. The fraction of sp³-hybridized carbons (Fsp3) is 0.391. The number of hydrogen-bond acceptors (Lipinski definition) is 18. The van der Waals surface area contributed by atoms with Gasteiger partial charge in [0.15, 0.2) is 13.2 Å². The molecule has 9 rings (SSSR count). The summed E-state index contributed by atoms with van der Waals surface area (Å²) in [7, 11) is -7.94. The van der Waals surface area contributed by atoms with Crippen molar-refractivity contribution in [1.29, 1.82) is 0 Å². The number of nitrogens with one attached hydrogen (secondary N) is 6. The molecule has 9 N–H and O–H groups in total. The molecule has 0 bridgehead atoms. The zero-order valence-electron chi connectivity index (χ0n) is 56.0. The van der Waals surface area contributed by atoms with Crippen LogP contribution in [-0.2, 0) is 68.9 Å². The third-order valence-electron chi connectivity index (χ3n) is 14.7. The molecule has 3 fully saturated rings. The minimum Gasteiger partial charge on any atom is -0.508 e. The summed E-state index contributed by atoms with van der Waals surface area (Å²) in [6.45, 7) is 9.20. The monoisotopic (exact) mass is 1610 g/mol.